The minimum atomic E-state index is 0.608. The molecule has 0 radical (unpaired) electrons. The Bertz CT molecular complexity index is 326. The van der Waals surface area contributed by atoms with Gasteiger partial charge in [0.15, 0.2) is 0 Å². The van der Waals surface area contributed by atoms with Crippen molar-refractivity contribution in [2.45, 2.75) is 20.3 Å². The molecule has 1 rings (SSSR count). The summed E-state index contributed by atoms with van der Waals surface area (Å²) in [5.74, 6) is 1.35. The lowest BCUT2D eigenvalue weighted by atomic mass is 10.1. The minimum Gasteiger partial charge on any atom is -0.369 e. The van der Waals surface area contributed by atoms with Crippen LogP contribution >= 0.6 is 0 Å². The third-order valence-corrected chi connectivity index (χ3v) is 1.94. The van der Waals surface area contributed by atoms with E-state index in [0.29, 0.717) is 17.3 Å². The summed E-state index contributed by atoms with van der Waals surface area (Å²) in [6.07, 6.45) is 2.78. The first-order chi connectivity index (χ1) is 6.74. The Morgan fingerprint density at radius 1 is 1.57 bits per heavy atom. The summed E-state index contributed by atoms with van der Waals surface area (Å²) in [5.41, 5.74) is 0.608. The van der Waals surface area contributed by atoms with Crippen LogP contribution in [0.25, 0.3) is 0 Å². The molecule has 1 aromatic heterocycles. The summed E-state index contributed by atoms with van der Waals surface area (Å²) in [4.78, 5) is 4.11. The molecular weight excluding hydrogens is 174 g/mol. The predicted molar refractivity (Wildman–Crippen MR) is 56.9 cm³/mol. The van der Waals surface area contributed by atoms with Crippen molar-refractivity contribution >= 4 is 5.82 Å². The zero-order valence-electron chi connectivity index (χ0n) is 8.62. The number of pyridine rings is 1. The number of hydrogen-bond donors (Lipinski definition) is 1. The van der Waals surface area contributed by atoms with Crippen LogP contribution in [0, 0.1) is 17.2 Å². The van der Waals surface area contributed by atoms with E-state index in [2.05, 4.69) is 30.2 Å². The molecule has 14 heavy (non-hydrogen) atoms. The van der Waals surface area contributed by atoms with Gasteiger partial charge in [-0.3, -0.25) is 0 Å². The van der Waals surface area contributed by atoms with E-state index in [1.54, 1.807) is 18.3 Å². The molecule has 0 amide bonds. The summed E-state index contributed by atoms with van der Waals surface area (Å²) < 4.78 is 0. The van der Waals surface area contributed by atoms with E-state index >= 15 is 0 Å². The van der Waals surface area contributed by atoms with Crippen LogP contribution in [-0.2, 0) is 0 Å². The molecule has 0 aliphatic heterocycles. The maximum Gasteiger partial charge on any atom is 0.143 e. The molecule has 0 unspecified atom stereocenters. The van der Waals surface area contributed by atoms with Gasteiger partial charge >= 0.3 is 0 Å². The Hall–Kier alpha value is -1.56. The molecule has 1 heterocycles. The van der Waals surface area contributed by atoms with E-state index < -0.39 is 0 Å². The maximum absolute atomic E-state index is 8.80. The quantitative estimate of drug-likeness (QED) is 0.791. The van der Waals surface area contributed by atoms with Crippen LogP contribution in [0.2, 0.25) is 0 Å². The van der Waals surface area contributed by atoms with E-state index in [4.69, 9.17) is 5.26 Å². The third kappa shape index (κ3) is 3.06. The standard InChI is InChI=1S/C11H15N3/c1-9(2)5-7-14-11-10(8-12)4-3-6-13-11/h3-4,6,9H,5,7H2,1-2H3,(H,13,14). The normalized spacial score (nSPS) is 9.86. The average Bonchev–Trinajstić information content (AvgIpc) is 2.18. The summed E-state index contributed by atoms with van der Waals surface area (Å²) in [7, 11) is 0. The third-order valence-electron chi connectivity index (χ3n) is 1.94. The fourth-order valence-corrected chi connectivity index (χ4v) is 1.12. The number of rotatable bonds is 4. The van der Waals surface area contributed by atoms with Crippen molar-refractivity contribution in [2.24, 2.45) is 5.92 Å². The zero-order chi connectivity index (χ0) is 10.4. The van der Waals surface area contributed by atoms with Gasteiger partial charge in [-0.15, -0.1) is 0 Å². The Morgan fingerprint density at radius 3 is 3.00 bits per heavy atom. The van der Waals surface area contributed by atoms with Crippen molar-refractivity contribution in [3.05, 3.63) is 23.9 Å². The molecule has 0 saturated heterocycles. The molecule has 1 aromatic rings. The molecule has 0 atom stereocenters. The lowest BCUT2D eigenvalue weighted by Gasteiger charge is -2.08. The zero-order valence-corrected chi connectivity index (χ0v) is 8.62. The fraction of sp³-hybridized carbons (Fsp3) is 0.455. The van der Waals surface area contributed by atoms with Gasteiger partial charge in [0, 0.05) is 12.7 Å². The lowest BCUT2D eigenvalue weighted by Crippen LogP contribution is -2.07. The first kappa shape index (κ1) is 10.5. The molecule has 0 aliphatic rings. The molecule has 1 N–H and O–H groups in total. The van der Waals surface area contributed by atoms with Gasteiger partial charge in [-0.05, 0) is 24.5 Å². The van der Waals surface area contributed by atoms with E-state index in [1.165, 1.54) is 0 Å². The second kappa shape index (κ2) is 5.23. The van der Waals surface area contributed by atoms with Gasteiger partial charge in [0.1, 0.15) is 11.9 Å². The lowest BCUT2D eigenvalue weighted by molar-refractivity contribution is 0.606. The van der Waals surface area contributed by atoms with E-state index in [0.717, 1.165) is 13.0 Å². The molecule has 3 nitrogen and oxygen atoms in total. The van der Waals surface area contributed by atoms with Gasteiger partial charge in [0.25, 0.3) is 0 Å². The van der Waals surface area contributed by atoms with Crippen LogP contribution in [0.3, 0.4) is 0 Å². The SMILES string of the molecule is CC(C)CCNc1ncccc1C#N. The molecule has 0 saturated carbocycles. The maximum atomic E-state index is 8.80. The van der Waals surface area contributed by atoms with Crippen molar-refractivity contribution in [3.8, 4) is 6.07 Å². The molecule has 0 aliphatic carbocycles. The average molecular weight is 189 g/mol. The van der Waals surface area contributed by atoms with Gasteiger partial charge in [-0.2, -0.15) is 5.26 Å². The van der Waals surface area contributed by atoms with Crippen LogP contribution in [0.15, 0.2) is 18.3 Å². The molecule has 0 spiro atoms. The van der Waals surface area contributed by atoms with Crippen LogP contribution < -0.4 is 5.32 Å². The fourth-order valence-electron chi connectivity index (χ4n) is 1.12. The monoisotopic (exact) mass is 189 g/mol. The Kier molecular flexibility index (Phi) is 3.93. The van der Waals surface area contributed by atoms with Crippen LogP contribution in [0.1, 0.15) is 25.8 Å². The highest BCUT2D eigenvalue weighted by Crippen LogP contribution is 2.10. The van der Waals surface area contributed by atoms with E-state index in [-0.39, 0.29) is 0 Å². The van der Waals surface area contributed by atoms with Gasteiger partial charge in [-0.25, -0.2) is 4.98 Å². The van der Waals surface area contributed by atoms with E-state index in [1.807, 2.05) is 0 Å². The Balaban J connectivity index is 2.54. The number of nitrogens with one attached hydrogen (secondary N) is 1. The van der Waals surface area contributed by atoms with Gasteiger partial charge < -0.3 is 5.32 Å². The summed E-state index contributed by atoms with van der Waals surface area (Å²) in [6, 6.07) is 5.65. The first-order valence-electron chi connectivity index (χ1n) is 4.83. The van der Waals surface area contributed by atoms with Crippen LogP contribution in [0.5, 0.6) is 0 Å². The molecule has 74 valence electrons. The van der Waals surface area contributed by atoms with Gasteiger partial charge in [-0.1, -0.05) is 13.8 Å². The minimum absolute atomic E-state index is 0.608. The molecule has 0 fully saturated rings. The number of anilines is 1. The van der Waals surface area contributed by atoms with Gasteiger partial charge in [0.2, 0.25) is 0 Å². The highest BCUT2D eigenvalue weighted by atomic mass is 15.0. The van der Waals surface area contributed by atoms with Crippen molar-refractivity contribution in [1.82, 2.24) is 4.98 Å². The second-order valence-electron chi connectivity index (χ2n) is 3.62. The number of nitriles is 1. The molecule has 0 aromatic carbocycles. The largest absolute Gasteiger partial charge is 0.369 e. The number of nitrogens with zero attached hydrogens (tertiary/aromatic N) is 2. The summed E-state index contributed by atoms with van der Waals surface area (Å²) in [5, 5.41) is 12.0. The van der Waals surface area contributed by atoms with Crippen LogP contribution in [0.4, 0.5) is 5.82 Å². The smallest absolute Gasteiger partial charge is 0.143 e. The molecule has 0 bridgehead atoms. The van der Waals surface area contributed by atoms with Crippen molar-refractivity contribution in [1.29, 1.82) is 5.26 Å². The highest BCUT2D eigenvalue weighted by Gasteiger charge is 2.01. The predicted octanol–water partition coefficient (Wildman–Crippen LogP) is 2.41. The molecular formula is C11H15N3. The second-order valence-corrected chi connectivity index (χ2v) is 3.62. The summed E-state index contributed by atoms with van der Waals surface area (Å²) in [6.45, 7) is 5.21. The van der Waals surface area contributed by atoms with Crippen molar-refractivity contribution in [3.63, 3.8) is 0 Å². The van der Waals surface area contributed by atoms with E-state index in [9.17, 15) is 0 Å². The summed E-state index contributed by atoms with van der Waals surface area (Å²) >= 11 is 0. The Morgan fingerprint density at radius 2 is 2.36 bits per heavy atom. The number of hydrogen-bond acceptors (Lipinski definition) is 3. The number of aromatic nitrogens is 1. The Labute approximate surface area is 84.8 Å². The van der Waals surface area contributed by atoms with Crippen LogP contribution in [-0.4, -0.2) is 11.5 Å². The van der Waals surface area contributed by atoms with Crippen molar-refractivity contribution in [2.75, 3.05) is 11.9 Å². The van der Waals surface area contributed by atoms with Gasteiger partial charge in [0.05, 0.1) is 5.56 Å². The topological polar surface area (TPSA) is 48.7 Å². The molecule has 3 heteroatoms. The first-order valence-corrected chi connectivity index (χ1v) is 4.83. The van der Waals surface area contributed by atoms with Crippen molar-refractivity contribution < 1.29 is 0 Å². The highest BCUT2D eigenvalue weighted by molar-refractivity contribution is 5.50.